The number of carbonyl (C=O) groups is 2. The second-order valence-electron chi connectivity index (χ2n) is 5.63. The Hall–Kier alpha value is -3.11. The number of methoxy groups -OCH3 is 2. The molecule has 0 radical (unpaired) electrons. The smallest absolute Gasteiger partial charge is 0.257 e. The van der Waals surface area contributed by atoms with Gasteiger partial charge in [0.25, 0.3) is 5.91 Å². The van der Waals surface area contributed by atoms with Gasteiger partial charge in [-0.05, 0) is 24.3 Å². The molecule has 0 saturated carbocycles. The maximum atomic E-state index is 12.5. The molecule has 2 aromatic carbocycles. The predicted octanol–water partition coefficient (Wildman–Crippen LogP) is 3.54. The van der Waals surface area contributed by atoms with E-state index >= 15 is 0 Å². The standard InChI is InChI=1S/C19H18N4O4S2/c1-26-14-8-12(9-15(10-14)27-2)17(25)21-18-22-23-19(29-18)28-11-16(24)20-13-6-4-3-5-7-13/h3-10H,11H2,1-2H3,(H,20,24)(H,21,22,25). The average molecular weight is 431 g/mol. The van der Waals surface area contributed by atoms with Crippen molar-refractivity contribution < 1.29 is 19.1 Å². The molecule has 8 nitrogen and oxygen atoms in total. The molecule has 0 aliphatic rings. The zero-order chi connectivity index (χ0) is 20.6. The summed E-state index contributed by atoms with van der Waals surface area (Å²) in [5, 5.41) is 13.8. The van der Waals surface area contributed by atoms with Crippen LogP contribution in [-0.4, -0.2) is 42.0 Å². The maximum Gasteiger partial charge on any atom is 0.257 e. The first-order chi connectivity index (χ1) is 14.1. The van der Waals surface area contributed by atoms with Crippen LogP contribution in [0.3, 0.4) is 0 Å². The molecular weight excluding hydrogens is 412 g/mol. The van der Waals surface area contributed by atoms with Gasteiger partial charge in [0.05, 0.1) is 20.0 Å². The highest BCUT2D eigenvalue weighted by atomic mass is 32.2. The van der Waals surface area contributed by atoms with E-state index in [0.717, 1.165) is 5.69 Å². The Balaban J connectivity index is 1.56. The van der Waals surface area contributed by atoms with E-state index in [1.807, 2.05) is 30.3 Å². The maximum absolute atomic E-state index is 12.5. The van der Waals surface area contributed by atoms with Crippen molar-refractivity contribution in [3.63, 3.8) is 0 Å². The van der Waals surface area contributed by atoms with Gasteiger partial charge in [-0.25, -0.2) is 0 Å². The number of aromatic nitrogens is 2. The fraction of sp³-hybridized carbons (Fsp3) is 0.158. The molecule has 0 aliphatic carbocycles. The van der Waals surface area contributed by atoms with Gasteiger partial charge in [-0.2, -0.15) is 0 Å². The number of hydrogen-bond acceptors (Lipinski definition) is 8. The minimum absolute atomic E-state index is 0.148. The molecule has 150 valence electrons. The lowest BCUT2D eigenvalue weighted by Crippen LogP contribution is -2.13. The van der Waals surface area contributed by atoms with E-state index in [2.05, 4.69) is 20.8 Å². The largest absolute Gasteiger partial charge is 0.497 e. The van der Waals surface area contributed by atoms with Crippen molar-refractivity contribution in [1.29, 1.82) is 0 Å². The summed E-state index contributed by atoms with van der Waals surface area (Å²) in [6.45, 7) is 0. The Morgan fingerprint density at radius 3 is 2.34 bits per heavy atom. The first-order valence-electron chi connectivity index (χ1n) is 8.43. The molecule has 0 unspecified atom stereocenters. The molecule has 10 heteroatoms. The van der Waals surface area contributed by atoms with Gasteiger partial charge in [-0.3, -0.25) is 14.9 Å². The van der Waals surface area contributed by atoms with Gasteiger partial charge in [0, 0.05) is 17.3 Å². The molecule has 29 heavy (non-hydrogen) atoms. The van der Waals surface area contributed by atoms with Crippen LogP contribution < -0.4 is 20.1 Å². The molecule has 0 fully saturated rings. The van der Waals surface area contributed by atoms with Crippen molar-refractivity contribution in [2.24, 2.45) is 0 Å². The zero-order valence-electron chi connectivity index (χ0n) is 15.7. The summed E-state index contributed by atoms with van der Waals surface area (Å²) in [6.07, 6.45) is 0. The van der Waals surface area contributed by atoms with Crippen LogP contribution in [0, 0.1) is 0 Å². The SMILES string of the molecule is COc1cc(OC)cc(C(=O)Nc2nnc(SCC(=O)Nc3ccccc3)s2)c1. The van der Waals surface area contributed by atoms with E-state index < -0.39 is 0 Å². The summed E-state index contributed by atoms with van der Waals surface area (Å²) < 4.78 is 10.9. The second-order valence-corrected chi connectivity index (χ2v) is 7.83. The van der Waals surface area contributed by atoms with E-state index in [9.17, 15) is 9.59 Å². The van der Waals surface area contributed by atoms with Crippen molar-refractivity contribution in [1.82, 2.24) is 10.2 Å². The molecule has 2 N–H and O–H groups in total. The average Bonchev–Trinajstić information content (AvgIpc) is 3.19. The monoisotopic (exact) mass is 430 g/mol. The Morgan fingerprint density at radius 2 is 1.69 bits per heavy atom. The van der Waals surface area contributed by atoms with Gasteiger partial charge in [-0.15, -0.1) is 10.2 Å². The number of hydrogen-bond donors (Lipinski definition) is 2. The number of para-hydroxylation sites is 1. The number of anilines is 2. The highest BCUT2D eigenvalue weighted by Crippen LogP contribution is 2.27. The number of rotatable bonds is 8. The van der Waals surface area contributed by atoms with Crippen molar-refractivity contribution in [3.05, 3.63) is 54.1 Å². The summed E-state index contributed by atoms with van der Waals surface area (Å²) in [5.74, 6) is 0.687. The highest BCUT2D eigenvalue weighted by Gasteiger charge is 2.14. The quantitative estimate of drug-likeness (QED) is 0.416. The fourth-order valence-electron chi connectivity index (χ4n) is 2.27. The number of ether oxygens (including phenoxy) is 2. The van der Waals surface area contributed by atoms with E-state index in [-0.39, 0.29) is 17.6 Å². The lowest BCUT2D eigenvalue weighted by molar-refractivity contribution is -0.113. The van der Waals surface area contributed by atoms with Gasteiger partial charge < -0.3 is 14.8 Å². The predicted molar refractivity (Wildman–Crippen MR) is 113 cm³/mol. The van der Waals surface area contributed by atoms with Crippen molar-refractivity contribution >= 4 is 45.7 Å². The summed E-state index contributed by atoms with van der Waals surface area (Å²) in [7, 11) is 3.03. The van der Waals surface area contributed by atoms with Gasteiger partial charge >= 0.3 is 0 Å². The summed E-state index contributed by atoms with van der Waals surface area (Å²) in [4.78, 5) is 24.5. The van der Waals surface area contributed by atoms with Crippen LogP contribution in [0.5, 0.6) is 11.5 Å². The number of amides is 2. The van der Waals surface area contributed by atoms with Crippen molar-refractivity contribution in [2.75, 3.05) is 30.6 Å². The third-order valence-corrected chi connectivity index (χ3v) is 5.60. The molecule has 0 aliphatic heterocycles. The Morgan fingerprint density at radius 1 is 1.00 bits per heavy atom. The van der Waals surface area contributed by atoms with E-state index in [4.69, 9.17) is 9.47 Å². The summed E-state index contributed by atoms with van der Waals surface area (Å²) in [6, 6.07) is 14.1. The van der Waals surface area contributed by atoms with Crippen LogP contribution in [0.15, 0.2) is 52.9 Å². The van der Waals surface area contributed by atoms with Gasteiger partial charge in [0.15, 0.2) is 4.34 Å². The zero-order valence-corrected chi connectivity index (χ0v) is 17.3. The molecule has 2 amide bonds. The van der Waals surface area contributed by atoms with Crippen LogP contribution >= 0.6 is 23.1 Å². The molecule has 0 bridgehead atoms. The van der Waals surface area contributed by atoms with Crippen LogP contribution in [0.1, 0.15) is 10.4 Å². The van der Waals surface area contributed by atoms with E-state index in [1.165, 1.54) is 37.3 Å². The Bertz CT molecular complexity index is 973. The third-order valence-electron chi connectivity index (χ3n) is 3.62. The molecule has 0 atom stereocenters. The number of nitrogens with zero attached hydrogens (tertiary/aromatic N) is 2. The van der Waals surface area contributed by atoms with Crippen LogP contribution in [0.2, 0.25) is 0 Å². The van der Waals surface area contributed by atoms with Gasteiger partial charge in [-0.1, -0.05) is 41.3 Å². The van der Waals surface area contributed by atoms with Gasteiger partial charge in [0.2, 0.25) is 11.0 Å². The fourth-order valence-corrected chi connectivity index (χ4v) is 3.82. The molecule has 1 aromatic heterocycles. The van der Waals surface area contributed by atoms with Crippen molar-refractivity contribution in [3.8, 4) is 11.5 Å². The van der Waals surface area contributed by atoms with Crippen LogP contribution in [0.25, 0.3) is 0 Å². The number of thioether (sulfide) groups is 1. The topological polar surface area (TPSA) is 102 Å². The normalized spacial score (nSPS) is 10.3. The summed E-state index contributed by atoms with van der Waals surface area (Å²) >= 11 is 2.44. The molecule has 3 aromatic rings. The van der Waals surface area contributed by atoms with E-state index in [0.29, 0.717) is 26.5 Å². The van der Waals surface area contributed by atoms with E-state index in [1.54, 1.807) is 18.2 Å². The lowest BCUT2D eigenvalue weighted by Gasteiger charge is -2.07. The highest BCUT2D eigenvalue weighted by molar-refractivity contribution is 8.01. The Kier molecular flexibility index (Phi) is 7.04. The second kappa shape index (κ2) is 9.89. The summed E-state index contributed by atoms with van der Waals surface area (Å²) in [5.41, 5.74) is 1.10. The molecule has 3 rings (SSSR count). The number of carbonyl (C=O) groups excluding carboxylic acids is 2. The van der Waals surface area contributed by atoms with Crippen LogP contribution in [0.4, 0.5) is 10.8 Å². The molecule has 0 spiro atoms. The minimum atomic E-state index is -0.364. The first kappa shape index (κ1) is 20.6. The molecular formula is C19H18N4O4S2. The van der Waals surface area contributed by atoms with Gasteiger partial charge in [0.1, 0.15) is 11.5 Å². The number of benzene rings is 2. The Labute approximate surface area is 175 Å². The number of nitrogens with one attached hydrogen (secondary N) is 2. The van der Waals surface area contributed by atoms with Crippen LogP contribution in [-0.2, 0) is 4.79 Å². The minimum Gasteiger partial charge on any atom is -0.497 e. The molecule has 1 heterocycles. The first-order valence-corrected chi connectivity index (χ1v) is 10.2. The molecule has 0 saturated heterocycles. The third kappa shape index (κ3) is 5.93. The lowest BCUT2D eigenvalue weighted by atomic mass is 10.2. The van der Waals surface area contributed by atoms with Crippen molar-refractivity contribution in [2.45, 2.75) is 4.34 Å².